The summed E-state index contributed by atoms with van der Waals surface area (Å²) in [6.45, 7) is 5.75. The van der Waals surface area contributed by atoms with Gasteiger partial charge in [0.1, 0.15) is 6.61 Å². The van der Waals surface area contributed by atoms with Crippen LogP contribution in [0.1, 0.15) is 37.0 Å². The second-order valence-electron chi connectivity index (χ2n) is 4.56. The van der Waals surface area contributed by atoms with Crippen molar-refractivity contribution in [3.63, 3.8) is 0 Å². The molecule has 0 N–H and O–H groups in total. The minimum Gasteiger partial charge on any atom is -0.459 e. The Kier molecular flexibility index (Phi) is 3.47. The lowest BCUT2D eigenvalue weighted by molar-refractivity contribution is -0.0378. The molecule has 1 fully saturated rings. The lowest BCUT2D eigenvalue weighted by atomic mass is 10.0. The van der Waals surface area contributed by atoms with Gasteiger partial charge in [-0.25, -0.2) is 4.79 Å². The van der Waals surface area contributed by atoms with Gasteiger partial charge in [-0.2, -0.15) is 5.10 Å². The lowest BCUT2D eigenvalue weighted by Crippen LogP contribution is -2.31. The zero-order valence-corrected chi connectivity index (χ0v) is 10.3. The van der Waals surface area contributed by atoms with Gasteiger partial charge >= 0.3 is 5.97 Å². The number of esters is 1. The van der Waals surface area contributed by atoms with Gasteiger partial charge in [0.25, 0.3) is 0 Å². The fraction of sp³-hybridized carbons (Fsp3) is 0.667. The molecule has 5 nitrogen and oxygen atoms in total. The minimum absolute atomic E-state index is 0.309. The highest BCUT2D eigenvalue weighted by Crippen LogP contribution is 2.25. The van der Waals surface area contributed by atoms with E-state index in [2.05, 4.69) is 5.10 Å². The van der Waals surface area contributed by atoms with E-state index >= 15 is 0 Å². The molecule has 0 spiro atoms. The van der Waals surface area contributed by atoms with Crippen LogP contribution in [0.2, 0.25) is 0 Å². The minimum atomic E-state index is -0.332. The van der Waals surface area contributed by atoms with Crippen molar-refractivity contribution in [2.45, 2.75) is 38.8 Å². The molecule has 0 aromatic carbocycles. The molecule has 0 radical (unpaired) electrons. The summed E-state index contributed by atoms with van der Waals surface area (Å²) in [4.78, 5) is 11.7. The largest absolute Gasteiger partial charge is 0.459 e. The molecular formula is C12H18N2O3. The van der Waals surface area contributed by atoms with E-state index in [9.17, 15) is 4.79 Å². The van der Waals surface area contributed by atoms with Crippen LogP contribution in [0, 0.1) is 0 Å². The lowest BCUT2D eigenvalue weighted by Gasteiger charge is -2.22. The van der Waals surface area contributed by atoms with Crippen molar-refractivity contribution in [2.75, 3.05) is 13.2 Å². The Labute approximate surface area is 101 Å². The Morgan fingerprint density at radius 1 is 1.71 bits per heavy atom. The molecule has 1 saturated heterocycles. The Hall–Kier alpha value is -1.36. The van der Waals surface area contributed by atoms with Crippen LogP contribution < -0.4 is 0 Å². The highest BCUT2D eigenvalue weighted by atomic mass is 16.6. The normalized spacial score (nSPS) is 23.9. The molecule has 1 aromatic heterocycles. The van der Waals surface area contributed by atoms with Gasteiger partial charge < -0.3 is 9.47 Å². The van der Waals surface area contributed by atoms with Crippen molar-refractivity contribution in [3.8, 4) is 0 Å². The van der Waals surface area contributed by atoms with E-state index in [0.29, 0.717) is 12.2 Å². The maximum absolute atomic E-state index is 11.7. The molecule has 94 valence electrons. The van der Waals surface area contributed by atoms with Gasteiger partial charge in [-0.3, -0.25) is 4.68 Å². The summed E-state index contributed by atoms with van der Waals surface area (Å²) < 4.78 is 12.5. The number of carbonyl (C=O) groups is 1. The summed E-state index contributed by atoms with van der Waals surface area (Å²) in [7, 11) is 0. The van der Waals surface area contributed by atoms with Crippen LogP contribution in [0.3, 0.4) is 0 Å². The third-order valence-corrected chi connectivity index (χ3v) is 3.00. The topological polar surface area (TPSA) is 53.4 Å². The molecule has 2 heterocycles. The average Bonchev–Trinajstić information content (AvgIpc) is 2.95. The number of rotatable bonds is 4. The monoisotopic (exact) mass is 238 g/mol. The number of hydrogen-bond donors (Lipinski definition) is 0. The summed E-state index contributed by atoms with van der Waals surface area (Å²) >= 11 is 0. The first-order chi connectivity index (χ1) is 8.13. The van der Waals surface area contributed by atoms with E-state index in [1.165, 1.54) is 6.20 Å². The first kappa shape index (κ1) is 12.1. The van der Waals surface area contributed by atoms with E-state index in [1.54, 1.807) is 10.9 Å². The third kappa shape index (κ3) is 2.85. The van der Waals surface area contributed by atoms with Crippen molar-refractivity contribution in [1.29, 1.82) is 0 Å². The number of aryl methyl sites for hydroxylation is 1. The van der Waals surface area contributed by atoms with Gasteiger partial charge in [0.2, 0.25) is 0 Å². The molecule has 0 aliphatic carbocycles. The SMILES string of the molecule is CCn1cc(C(=O)OCC2(C)CCCO2)cn1. The van der Waals surface area contributed by atoms with Crippen LogP contribution in [0.4, 0.5) is 0 Å². The predicted molar refractivity (Wildman–Crippen MR) is 61.8 cm³/mol. The zero-order chi connectivity index (χ0) is 12.3. The van der Waals surface area contributed by atoms with Crippen LogP contribution in [0.25, 0.3) is 0 Å². The number of nitrogens with zero attached hydrogens (tertiary/aromatic N) is 2. The van der Waals surface area contributed by atoms with Crippen molar-refractivity contribution < 1.29 is 14.3 Å². The average molecular weight is 238 g/mol. The van der Waals surface area contributed by atoms with Crippen molar-refractivity contribution in [1.82, 2.24) is 9.78 Å². The van der Waals surface area contributed by atoms with Crippen LogP contribution in [0.5, 0.6) is 0 Å². The smallest absolute Gasteiger partial charge is 0.341 e. The second kappa shape index (κ2) is 4.87. The molecule has 1 atom stereocenters. The molecule has 1 unspecified atom stereocenters. The molecule has 1 aromatic rings. The standard InChI is InChI=1S/C12H18N2O3/c1-3-14-8-10(7-13-14)11(15)16-9-12(2)5-4-6-17-12/h7-8H,3-6,9H2,1-2H3. The Bertz CT molecular complexity index is 394. The van der Waals surface area contributed by atoms with E-state index in [4.69, 9.17) is 9.47 Å². The van der Waals surface area contributed by atoms with E-state index < -0.39 is 0 Å². The quantitative estimate of drug-likeness (QED) is 0.748. The molecule has 1 aliphatic heterocycles. The Morgan fingerprint density at radius 3 is 3.12 bits per heavy atom. The number of ether oxygens (including phenoxy) is 2. The second-order valence-corrected chi connectivity index (χ2v) is 4.56. The highest BCUT2D eigenvalue weighted by molar-refractivity contribution is 5.88. The van der Waals surface area contributed by atoms with E-state index in [0.717, 1.165) is 26.0 Å². The van der Waals surface area contributed by atoms with Gasteiger partial charge in [-0.15, -0.1) is 0 Å². The first-order valence-corrected chi connectivity index (χ1v) is 5.96. The molecule has 1 aliphatic rings. The molecule has 0 saturated carbocycles. The van der Waals surface area contributed by atoms with E-state index in [-0.39, 0.29) is 11.6 Å². The molecular weight excluding hydrogens is 220 g/mol. The van der Waals surface area contributed by atoms with E-state index in [1.807, 2.05) is 13.8 Å². The van der Waals surface area contributed by atoms with Crippen LogP contribution in [0.15, 0.2) is 12.4 Å². The van der Waals surface area contributed by atoms with Crippen LogP contribution in [-0.2, 0) is 16.0 Å². The summed E-state index contributed by atoms with van der Waals surface area (Å²) in [5.74, 6) is -0.332. The zero-order valence-electron chi connectivity index (χ0n) is 10.3. The Morgan fingerprint density at radius 2 is 2.53 bits per heavy atom. The first-order valence-electron chi connectivity index (χ1n) is 5.96. The summed E-state index contributed by atoms with van der Waals surface area (Å²) in [6.07, 6.45) is 5.19. The van der Waals surface area contributed by atoms with Crippen molar-refractivity contribution >= 4 is 5.97 Å². The molecule has 0 amide bonds. The third-order valence-electron chi connectivity index (χ3n) is 3.00. The fourth-order valence-corrected chi connectivity index (χ4v) is 1.89. The molecule has 0 bridgehead atoms. The number of hydrogen-bond acceptors (Lipinski definition) is 4. The summed E-state index contributed by atoms with van der Waals surface area (Å²) in [5, 5.41) is 4.04. The van der Waals surface area contributed by atoms with Gasteiger partial charge in [0.05, 0.1) is 17.4 Å². The van der Waals surface area contributed by atoms with Gasteiger partial charge in [0.15, 0.2) is 0 Å². The summed E-state index contributed by atoms with van der Waals surface area (Å²) in [6, 6.07) is 0. The van der Waals surface area contributed by atoms with Crippen molar-refractivity contribution in [3.05, 3.63) is 18.0 Å². The van der Waals surface area contributed by atoms with Gasteiger partial charge in [-0.05, 0) is 26.7 Å². The maximum Gasteiger partial charge on any atom is 0.341 e. The van der Waals surface area contributed by atoms with Crippen molar-refractivity contribution in [2.24, 2.45) is 0 Å². The molecule has 2 rings (SSSR count). The highest BCUT2D eigenvalue weighted by Gasteiger charge is 2.31. The Balaban J connectivity index is 1.88. The van der Waals surface area contributed by atoms with Gasteiger partial charge in [0, 0.05) is 19.3 Å². The molecule has 17 heavy (non-hydrogen) atoms. The van der Waals surface area contributed by atoms with Crippen LogP contribution >= 0.6 is 0 Å². The maximum atomic E-state index is 11.7. The fourth-order valence-electron chi connectivity index (χ4n) is 1.89. The molecule has 5 heteroatoms. The van der Waals surface area contributed by atoms with Crippen LogP contribution in [-0.4, -0.2) is 34.6 Å². The van der Waals surface area contributed by atoms with Gasteiger partial charge in [-0.1, -0.05) is 0 Å². The number of aromatic nitrogens is 2. The predicted octanol–water partition coefficient (Wildman–Crippen LogP) is 1.63. The summed E-state index contributed by atoms with van der Waals surface area (Å²) in [5.41, 5.74) is 0.185. The number of carbonyl (C=O) groups excluding carboxylic acids is 1.